The van der Waals surface area contributed by atoms with Crippen molar-refractivity contribution >= 4 is 17.1 Å². The van der Waals surface area contributed by atoms with E-state index in [1.54, 1.807) is 11.6 Å². The molecule has 0 aliphatic heterocycles. The summed E-state index contributed by atoms with van der Waals surface area (Å²) in [6.45, 7) is 0. The van der Waals surface area contributed by atoms with Gasteiger partial charge in [-0.25, -0.2) is 0 Å². The maximum atomic E-state index is 13.0. The van der Waals surface area contributed by atoms with E-state index in [-0.39, 0.29) is 5.78 Å². The van der Waals surface area contributed by atoms with Gasteiger partial charge in [0.15, 0.2) is 23.3 Å². The van der Waals surface area contributed by atoms with E-state index in [9.17, 15) is 10.1 Å². The zero-order valence-corrected chi connectivity index (χ0v) is 14.5. The van der Waals surface area contributed by atoms with Crippen LogP contribution in [0.25, 0.3) is 11.4 Å². The minimum atomic E-state index is -0.939. The number of carbonyl (C=O) groups excluding carboxylic acids is 1. The van der Waals surface area contributed by atoms with Gasteiger partial charge in [0.25, 0.3) is 0 Å². The van der Waals surface area contributed by atoms with Crippen LogP contribution in [-0.4, -0.2) is 20.5 Å². The number of aromatic nitrogens is 3. The van der Waals surface area contributed by atoms with E-state index in [0.29, 0.717) is 22.4 Å². The summed E-state index contributed by atoms with van der Waals surface area (Å²) in [7, 11) is 1.80. The molecule has 4 rings (SSSR count). The van der Waals surface area contributed by atoms with Gasteiger partial charge >= 0.3 is 0 Å². The quantitative estimate of drug-likeness (QED) is 0.655. The molecule has 0 N–H and O–H groups in total. The molecule has 0 saturated heterocycles. The molecule has 0 bridgehead atoms. The molecule has 25 heavy (non-hydrogen) atoms. The van der Waals surface area contributed by atoms with Gasteiger partial charge in [-0.3, -0.25) is 4.79 Å². The number of nitriles is 1. The third-order valence-corrected chi connectivity index (χ3v) is 5.47. The van der Waals surface area contributed by atoms with Crippen molar-refractivity contribution in [2.75, 3.05) is 0 Å². The van der Waals surface area contributed by atoms with Crippen LogP contribution < -0.4 is 0 Å². The first kappa shape index (κ1) is 15.7. The van der Waals surface area contributed by atoms with Crippen molar-refractivity contribution in [1.82, 2.24) is 14.8 Å². The average Bonchev–Trinajstić information content (AvgIpc) is 3.25. The van der Waals surface area contributed by atoms with Crippen LogP contribution in [0, 0.1) is 11.3 Å². The van der Waals surface area contributed by atoms with Gasteiger partial charge in [-0.1, -0.05) is 30.3 Å². The maximum absolute atomic E-state index is 13.0. The summed E-state index contributed by atoms with van der Waals surface area (Å²) in [5.74, 6) is 0.406. The van der Waals surface area contributed by atoms with E-state index < -0.39 is 5.92 Å². The molecule has 124 valence electrons. The van der Waals surface area contributed by atoms with Crippen molar-refractivity contribution in [2.45, 2.75) is 24.7 Å². The molecule has 1 fully saturated rings. The Morgan fingerprint density at radius 1 is 1.28 bits per heavy atom. The van der Waals surface area contributed by atoms with Crippen LogP contribution in [0.15, 0.2) is 41.8 Å². The van der Waals surface area contributed by atoms with E-state index in [0.717, 1.165) is 24.0 Å². The standard InChI is InChI=1S/C19H16N4OS/c1-23-18(13-5-3-2-4-6-13)21-22-19(23)15(11-20)16(24)17-14(9-10-25-17)12-7-8-12/h2-6,9-10,12,15H,7-8H2,1H3. The fourth-order valence-electron chi connectivity index (χ4n) is 3.03. The van der Waals surface area contributed by atoms with Gasteiger partial charge in [0.1, 0.15) is 0 Å². The van der Waals surface area contributed by atoms with Gasteiger partial charge < -0.3 is 4.57 Å². The minimum Gasteiger partial charge on any atom is -0.313 e. The summed E-state index contributed by atoms with van der Waals surface area (Å²) < 4.78 is 1.74. The Hall–Kier alpha value is -2.78. The third-order valence-electron chi connectivity index (χ3n) is 4.53. The van der Waals surface area contributed by atoms with Gasteiger partial charge in [-0.05, 0) is 35.8 Å². The number of hydrogen-bond donors (Lipinski definition) is 0. The summed E-state index contributed by atoms with van der Waals surface area (Å²) >= 11 is 1.42. The van der Waals surface area contributed by atoms with Crippen molar-refractivity contribution in [3.05, 3.63) is 58.0 Å². The van der Waals surface area contributed by atoms with Gasteiger partial charge in [-0.2, -0.15) is 5.26 Å². The maximum Gasteiger partial charge on any atom is 0.197 e. The second kappa shape index (κ2) is 6.26. The van der Waals surface area contributed by atoms with Crippen LogP contribution in [-0.2, 0) is 7.05 Å². The molecule has 1 atom stereocenters. The molecule has 1 saturated carbocycles. The fourth-order valence-corrected chi connectivity index (χ4v) is 3.99. The summed E-state index contributed by atoms with van der Waals surface area (Å²) in [4.78, 5) is 13.7. The normalized spacial score (nSPS) is 14.9. The molecule has 1 aromatic carbocycles. The fraction of sp³-hybridized carbons (Fsp3) is 0.263. The molecule has 2 aromatic heterocycles. The van der Waals surface area contributed by atoms with Crippen LogP contribution in [0.2, 0.25) is 0 Å². The molecule has 0 spiro atoms. The highest BCUT2D eigenvalue weighted by Crippen LogP contribution is 2.44. The van der Waals surface area contributed by atoms with Gasteiger partial charge in [0, 0.05) is 12.6 Å². The first-order valence-corrected chi connectivity index (χ1v) is 9.04. The van der Waals surface area contributed by atoms with Crippen LogP contribution >= 0.6 is 11.3 Å². The van der Waals surface area contributed by atoms with E-state index in [2.05, 4.69) is 16.3 Å². The topological polar surface area (TPSA) is 71.6 Å². The van der Waals surface area contributed by atoms with Crippen molar-refractivity contribution in [1.29, 1.82) is 5.26 Å². The van der Waals surface area contributed by atoms with E-state index in [1.807, 2.05) is 41.8 Å². The number of hydrogen-bond acceptors (Lipinski definition) is 5. The zero-order valence-electron chi connectivity index (χ0n) is 13.7. The first-order valence-electron chi connectivity index (χ1n) is 8.16. The lowest BCUT2D eigenvalue weighted by atomic mass is 9.99. The Kier molecular flexibility index (Phi) is 3.94. The van der Waals surface area contributed by atoms with Crippen LogP contribution in [0.4, 0.5) is 0 Å². The summed E-state index contributed by atoms with van der Waals surface area (Å²) in [6, 6.07) is 13.8. The van der Waals surface area contributed by atoms with Gasteiger partial charge in [0.2, 0.25) is 0 Å². The second-order valence-electron chi connectivity index (χ2n) is 6.21. The number of thiophene rings is 1. The zero-order chi connectivity index (χ0) is 17.4. The summed E-state index contributed by atoms with van der Waals surface area (Å²) in [5, 5.41) is 19.9. The molecule has 6 heteroatoms. The number of ketones is 1. The Balaban J connectivity index is 1.70. The van der Waals surface area contributed by atoms with Gasteiger partial charge in [-0.15, -0.1) is 21.5 Å². The number of benzene rings is 1. The molecule has 5 nitrogen and oxygen atoms in total. The number of nitrogens with zero attached hydrogens (tertiary/aromatic N) is 4. The van der Waals surface area contributed by atoms with Crippen LogP contribution in [0.3, 0.4) is 0 Å². The van der Waals surface area contributed by atoms with Crippen molar-refractivity contribution in [3.8, 4) is 17.5 Å². The highest BCUT2D eigenvalue weighted by atomic mass is 32.1. The lowest BCUT2D eigenvalue weighted by molar-refractivity contribution is 0.0978. The highest BCUT2D eigenvalue weighted by molar-refractivity contribution is 7.12. The Morgan fingerprint density at radius 2 is 2.04 bits per heavy atom. The summed E-state index contributed by atoms with van der Waals surface area (Å²) in [6.07, 6.45) is 2.24. The Morgan fingerprint density at radius 3 is 2.72 bits per heavy atom. The first-order chi connectivity index (χ1) is 12.2. The monoisotopic (exact) mass is 348 g/mol. The molecular formula is C19H16N4OS. The lowest BCUT2D eigenvalue weighted by Gasteiger charge is -2.09. The molecule has 2 heterocycles. The summed E-state index contributed by atoms with van der Waals surface area (Å²) in [5.41, 5.74) is 1.99. The largest absolute Gasteiger partial charge is 0.313 e. The predicted octanol–water partition coefficient (Wildman–Crippen LogP) is 3.91. The predicted molar refractivity (Wildman–Crippen MR) is 95.4 cm³/mol. The highest BCUT2D eigenvalue weighted by Gasteiger charge is 2.34. The van der Waals surface area contributed by atoms with Crippen molar-refractivity contribution < 1.29 is 4.79 Å². The number of rotatable bonds is 5. The molecule has 0 amide bonds. The second-order valence-corrected chi connectivity index (χ2v) is 7.13. The van der Waals surface area contributed by atoms with Crippen LogP contribution in [0.5, 0.6) is 0 Å². The smallest absolute Gasteiger partial charge is 0.197 e. The van der Waals surface area contributed by atoms with E-state index >= 15 is 0 Å². The Bertz CT molecular complexity index is 963. The van der Waals surface area contributed by atoms with Crippen molar-refractivity contribution in [2.24, 2.45) is 7.05 Å². The van der Waals surface area contributed by atoms with Crippen molar-refractivity contribution in [3.63, 3.8) is 0 Å². The number of Topliss-reactive ketones (excluding diaryl/α,β-unsaturated/α-hetero) is 1. The van der Waals surface area contributed by atoms with Gasteiger partial charge in [0.05, 0.1) is 10.9 Å². The molecular weight excluding hydrogens is 332 g/mol. The Labute approximate surface area is 149 Å². The third kappa shape index (κ3) is 2.77. The van der Waals surface area contributed by atoms with E-state index in [1.165, 1.54) is 11.3 Å². The number of carbonyl (C=O) groups is 1. The SMILES string of the molecule is Cn1c(-c2ccccc2)nnc1C(C#N)C(=O)c1sccc1C1CC1. The van der Waals surface area contributed by atoms with E-state index in [4.69, 9.17) is 0 Å². The average molecular weight is 348 g/mol. The lowest BCUT2D eigenvalue weighted by Crippen LogP contribution is -2.16. The molecule has 0 radical (unpaired) electrons. The minimum absolute atomic E-state index is 0.172. The molecule has 1 unspecified atom stereocenters. The molecule has 3 aromatic rings. The molecule has 1 aliphatic rings. The molecule has 1 aliphatic carbocycles. The van der Waals surface area contributed by atoms with Crippen LogP contribution in [0.1, 0.15) is 45.7 Å².